The number of anilines is 1. The van der Waals surface area contributed by atoms with Crippen LogP contribution in [0.5, 0.6) is 0 Å². The van der Waals surface area contributed by atoms with Gasteiger partial charge in [-0.25, -0.2) is 15.3 Å². The molecule has 1 saturated carbocycles. The van der Waals surface area contributed by atoms with E-state index in [2.05, 4.69) is 36.2 Å². The van der Waals surface area contributed by atoms with Gasteiger partial charge in [-0.15, -0.1) is 11.8 Å². The number of ether oxygens (including phenoxy) is 2. The van der Waals surface area contributed by atoms with Crippen LogP contribution in [0.4, 0.5) is 5.95 Å². The van der Waals surface area contributed by atoms with E-state index in [-0.39, 0.29) is 22.9 Å². The molecule has 0 radical (unpaired) electrons. The minimum atomic E-state index is -0.765. The molecule has 0 amide bonds. The maximum absolute atomic E-state index is 12.9. The van der Waals surface area contributed by atoms with E-state index in [0.29, 0.717) is 33.9 Å². The minimum absolute atomic E-state index is 0.0905. The number of hydrogen-bond acceptors (Lipinski definition) is 11. The van der Waals surface area contributed by atoms with Gasteiger partial charge in [-0.05, 0) is 30.6 Å². The Kier molecular flexibility index (Phi) is 7.59. The molecule has 182 valence electrons. The molecule has 0 unspecified atom stereocenters. The number of esters is 1. The van der Waals surface area contributed by atoms with E-state index in [4.69, 9.17) is 14.4 Å². The number of fused-ring (bicyclic) bond motifs is 1. The van der Waals surface area contributed by atoms with Gasteiger partial charge in [0.25, 0.3) is 5.95 Å². The van der Waals surface area contributed by atoms with Crippen molar-refractivity contribution in [2.45, 2.75) is 57.8 Å². The van der Waals surface area contributed by atoms with Gasteiger partial charge in [-0.1, -0.05) is 38.5 Å². The van der Waals surface area contributed by atoms with E-state index in [9.17, 15) is 9.59 Å². The molecule has 2 fully saturated rings. The van der Waals surface area contributed by atoms with E-state index in [1.165, 1.54) is 27.8 Å². The summed E-state index contributed by atoms with van der Waals surface area (Å²) >= 11 is 2.39. The number of carbonyl (C=O) groups excluding carboxylic acids is 1. The number of nitrogens with zero attached hydrogens (tertiary/aromatic N) is 4. The average molecular weight is 498 g/mol. The fourth-order valence-corrected chi connectivity index (χ4v) is 6.17. The molecule has 0 spiro atoms. The van der Waals surface area contributed by atoms with Crippen molar-refractivity contribution in [3.05, 3.63) is 15.9 Å². The van der Waals surface area contributed by atoms with Crippen LogP contribution in [-0.2, 0) is 19.2 Å². The predicted molar refractivity (Wildman–Crippen MR) is 128 cm³/mol. The first-order chi connectivity index (χ1) is 15.7. The molecule has 1 aliphatic carbocycles. The van der Waals surface area contributed by atoms with E-state index < -0.39 is 11.7 Å². The molecule has 10 nitrogen and oxygen atoms in total. The van der Waals surface area contributed by atoms with E-state index >= 15 is 0 Å². The molecular weight excluding hydrogens is 466 g/mol. The number of hydrogen-bond donors (Lipinski definition) is 1. The summed E-state index contributed by atoms with van der Waals surface area (Å²) in [6, 6.07) is 0. The summed E-state index contributed by atoms with van der Waals surface area (Å²) in [6.45, 7) is 6.57. The lowest BCUT2D eigenvalue weighted by molar-refractivity contribution is -0.166. The highest BCUT2D eigenvalue weighted by molar-refractivity contribution is 8.00. The van der Waals surface area contributed by atoms with Crippen molar-refractivity contribution in [3.63, 3.8) is 0 Å². The summed E-state index contributed by atoms with van der Waals surface area (Å²) in [5, 5.41) is 1.46. The third-order valence-corrected chi connectivity index (χ3v) is 8.02. The maximum atomic E-state index is 12.9. The van der Waals surface area contributed by atoms with Crippen LogP contribution >= 0.6 is 23.1 Å². The highest BCUT2D eigenvalue weighted by Crippen LogP contribution is 2.38. The molecule has 4 rings (SSSR count). The Bertz CT molecular complexity index is 1040. The summed E-state index contributed by atoms with van der Waals surface area (Å²) in [5.74, 6) is 1.66. The lowest BCUT2D eigenvalue weighted by Gasteiger charge is -2.37. The molecule has 2 aromatic heterocycles. The Morgan fingerprint density at radius 3 is 2.88 bits per heavy atom. The average Bonchev–Trinajstić information content (AvgIpc) is 3.35. The van der Waals surface area contributed by atoms with Crippen LogP contribution in [0.2, 0.25) is 0 Å². The van der Waals surface area contributed by atoms with Crippen molar-refractivity contribution in [3.8, 4) is 0 Å². The normalized spacial score (nSPS) is 28.0. The molecule has 2 aliphatic rings. The van der Waals surface area contributed by atoms with E-state index in [1.54, 1.807) is 20.3 Å². The number of thioether (sulfide) groups is 1. The number of carbonyl (C=O) groups is 1. The van der Waals surface area contributed by atoms with Gasteiger partial charge in [0.15, 0.2) is 11.9 Å². The first-order valence-corrected chi connectivity index (χ1v) is 13.1. The molecule has 1 N–H and O–H groups in total. The molecule has 2 aromatic rings. The van der Waals surface area contributed by atoms with Crippen molar-refractivity contribution < 1.29 is 19.2 Å². The third-order valence-electron chi connectivity index (χ3n) is 6.06. The second-order valence-corrected chi connectivity index (χ2v) is 11.3. The number of rotatable bonds is 7. The van der Waals surface area contributed by atoms with Gasteiger partial charge in [-0.2, -0.15) is 15.0 Å². The Morgan fingerprint density at radius 1 is 1.36 bits per heavy atom. The number of aromatic nitrogens is 3. The monoisotopic (exact) mass is 497 g/mol. The molecule has 5 atom stereocenters. The number of nitrogens with one attached hydrogen (secondary N) is 1. The molecule has 0 aromatic carbocycles. The summed E-state index contributed by atoms with van der Waals surface area (Å²) in [7, 11) is 3.43. The minimum Gasteiger partial charge on any atom is -0.459 e. The first kappa shape index (κ1) is 24.4. The Labute approximate surface area is 200 Å². The quantitative estimate of drug-likeness (QED) is 0.452. The topological polar surface area (TPSA) is 108 Å². The Hall–Kier alpha value is -1.73. The van der Waals surface area contributed by atoms with E-state index in [1.807, 2.05) is 0 Å². The number of hydroxylamine groups is 2. The highest BCUT2D eigenvalue weighted by atomic mass is 32.2. The van der Waals surface area contributed by atoms with Gasteiger partial charge in [0.05, 0.1) is 10.9 Å². The van der Waals surface area contributed by atoms with Gasteiger partial charge in [0.1, 0.15) is 6.10 Å². The van der Waals surface area contributed by atoms with Crippen LogP contribution in [0.15, 0.2) is 11.0 Å². The molecule has 33 heavy (non-hydrogen) atoms. The maximum Gasteiger partial charge on any atom is 0.346 e. The second kappa shape index (κ2) is 10.3. The van der Waals surface area contributed by atoms with Crippen LogP contribution < -0.4 is 10.4 Å². The van der Waals surface area contributed by atoms with Gasteiger partial charge >= 0.3 is 10.8 Å². The largest absolute Gasteiger partial charge is 0.459 e. The standard InChI is InChI=1S/C21H31N5O5S2/c1-11(2)13-7-6-12(3)8-14(13)29-18(27)19-30-16(10-32-19)26-17-15(33-21(26)28)9-22-20(23-17)24-31-25(4)5/h9,11-14,16,19H,6-8,10H2,1-5H3,(H,22,23,24)/t12-,13+,14-,16-,19+/m1/s1. The van der Waals surface area contributed by atoms with Crippen LogP contribution in [0.25, 0.3) is 10.3 Å². The summed E-state index contributed by atoms with van der Waals surface area (Å²) < 4.78 is 14.1. The van der Waals surface area contributed by atoms with Gasteiger partial charge in [0, 0.05) is 19.8 Å². The van der Waals surface area contributed by atoms with Crippen LogP contribution in [-0.4, -0.2) is 57.0 Å². The third kappa shape index (κ3) is 5.51. The number of thiazole rings is 1. The first-order valence-electron chi connectivity index (χ1n) is 11.2. The lowest BCUT2D eigenvalue weighted by atomic mass is 9.75. The molecule has 12 heteroatoms. The van der Waals surface area contributed by atoms with Gasteiger partial charge < -0.3 is 9.47 Å². The van der Waals surface area contributed by atoms with Crippen molar-refractivity contribution >= 4 is 45.4 Å². The zero-order valence-corrected chi connectivity index (χ0v) is 21.1. The summed E-state index contributed by atoms with van der Waals surface area (Å²) in [6.07, 6.45) is 3.98. The summed E-state index contributed by atoms with van der Waals surface area (Å²) in [5.41, 5.74) is 2.30. The van der Waals surface area contributed by atoms with Crippen LogP contribution in [0.3, 0.4) is 0 Å². The highest BCUT2D eigenvalue weighted by Gasteiger charge is 2.39. The molecular formula is C21H31N5O5S2. The van der Waals surface area contributed by atoms with Crippen LogP contribution in [0.1, 0.15) is 46.3 Å². The van der Waals surface area contributed by atoms with Crippen molar-refractivity contribution in [1.82, 2.24) is 19.6 Å². The fraction of sp³-hybridized carbons (Fsp3) is 0.714. The van der Waals surface area contributed by atoms with Gasteiger partial charge in [0.2, 0.25) is 5.44 Å². The van der Waals surface area contributed by atoms with Crippen molar-refractivity contribution in [2.75, 3.05) is 25.3 Å². The zero-order valence-electron chi connectivity index (χ0n) is 19.5. The SMILES string of the molecule is CC(C)[C@@H]1CC[C@@H](C)C[C@H]1OC(=O)[C@H]1O[C@@H](n2c(=O)sc3cnc(NON(C)C)nc32)CS1. The molecule has 3 heterocycles. The Morgan fingerprint density at radius 2 is 2.15 bits per heavy atom. The second-order valence-electron chi connectivity index (χ2n) is 9.18. The molecule has 1 saturated heterocycles. The summed E-state index contributed by atoms with van der Waals surface area (Å²) in [4.78, 5) is 39.2. The zero-order chi connectivity index (χ0) is 23.7. The molecule has 0 bridgehead atoms. The lowest BCUT2D eigenvalue weighted by Crippen LogP contribution is -2.38. The fourth-order valence-electron chi connectivity index (χ4n) is 4.38. The predicted octanol–water partition coefficient (Wildman–Crippen LogP) is 3.27. The van der Waals surface area contributed by atoms with Crippen molar-refractivity contribution in [1.29, 1.82) is 0 Å². The molecule has 1 aliphatic heterocycles. The smallest absolute Gasteiger partial charge is 0.346 e. The van der Waals surface area contributed by atoms with Crippen molar-refractivity contribution in [2.24, 2.45) is 17.8 Å². The van der Waals surface area contributed by atoms with E-state index in [0.717, 1.165) is 24.2 Å². The van der Waals surface area contributed by atoms with Crippen LogP contribution in [0, 0.1) is 17.8 Å². The van der Waals surface area contributed by atoms with Gasteiger partial charge in [-0.3, -0.25) is 9.36 Å². The Balaban J connectivity index is 1.47.